The molecule has 0 heterocycles. The van der Waals surface area contributed by atoms with Crippen molar-refractivity contribution in [2.24, 2.45) is 0 Å². The average Bonchev–Trinajstić information content (AvgIpc) is 2.06. The first-order chi connectivity index (χ1) is 5.74. The number of hydrogen-bond acceptors (Lipinski definition) is 0. The van der Waals surface area contributed by atoms with Crippen molar-refractivity contribution in [3.8, 4) is 12.3 Å². The molecule has 1 nitrogen and oxygen atoms in total. The summed E-state index contributed by atoms with van der Waals surface area (Å²) in [6, 6.07) is 0. The molecule has 0 aromatic carbocycles. The lowest BCUT2D eigenvalue weighted by Crippen LogP contribution is -2.48. The second-order valence-corrected chi connectivity index (χ2v) is 2.96. The molecule has 0 rings (SSSR count). The molecule has 0 saturated carbocycles. The van der Waals surface area contributed by atoms with E-state index in [0.29, 0.717) is 0 Å². The molecule has 0 radical (unpaired) electrons. The third-order valence-corrected chi connectivity index (χ3v) is 2.13. The molecule has 0 fully saturated rings. The van der Waals surface area contributed by atoms with Crippen LogP contribution in [-0.2, 0) is 0 Å². The van der Waals surface area contributed by atoms with Gasteiger partial charge in [-0.05, 0) is 25.0 Å². The highest BCUT2D eigenvalue weighted by Crippen LogP contribution is 2.05. The Bertz CT molecular complexity index is 176. The Labute approximate surface area is 76.0 Å². The van der Waals surface area contributed by atoms with Crippen LogP contribution in [0.15, 0.2) is 25.3 Å². The van der Waals surface area contributed by atoms with Crippen LogP contribution in [0.3, 0.4) is 0 Å². The van der Waals surface area contributed by atoms with Crippen molar-refractivity contribution >= 4 is 0 Å². The van der Waals surface area contributed by atoms with Crippen molar-refractivity contribution in [1.82, 2.24) is 0 Å². The molecule has 0 spiro atoms. The van der Waals surface area contributed by atoms with Crippen LogP contribution < -0.4 is 0 Å². The number of likely N-dealkylation sites (N-methyl/N-ethyl adjacent to an activating group) is 1. The van der Waals surface area contributed by atoms with Crippen LogP contribution in [0.1, 0.15) is 6.92 Å². The summed E-state index contributed by atoms with van der Waals surface area (Å²) >= 11 is 0. The van der Waals surface area contributed by atoms with E-state index in [1.54, 1.807) is 0 Å². The largest absolute Gasteiger partial charge is 0.307 e. The number of terminal acetylenes is 1. The Morgan fingerprint density at radius 2 is 1.83 bits per heavy atom. The molecule has 0 aromatic rings. The standard InChI is InChI=1S/C11H18N/c1-5-9-12(8-4,10-6-2)11-7-3/h1,6-7H,2-3,8-11H2,4H3/q+1. The Hall–Kier alpha value is -1.00. The zero-order valence-electron chi connectivity index (χ0n) is 7.92. The molecule has 0 aliphatic rings. The quantitative estimate of drug-likeness (QED) is 0.319. The Balaban J connectivity index is 4.38. The molecule has 0 atom stereocenters. The molecule has 66 valence electrons. The molecule has 0 aliphatic carbocycles. The SMILES string of the molecule is C#CC[N+](CC)(CC=C)CC=C. The molecular weight excluding hydrogens is 146 g/mol. The second kappa shape index (κ2) is 5.62. The van der Waals surface area contributed by atoms with Crippen LogP contribution in [0.2, 0.25) is 0 Å². The van der Waals surface area contributed by atoms with E-state index in [9.17, 15) is 0 Å². The summed E-state index contributed by atoms with van der Waals surface area (Å²) in [6.07, 6.45) is 9.16. The van der Waals surface area contributed by atoms with Gasteiger partial charge in [0.1, 0.15) is 6.54 Å². The van der Waals surface area contributed by atoms with Crippen molar-refractivity contribution in [2.75, 3.05) is 26.2 Å². The number of rotatable bonds is 6. The summed E-state index contributed by atoms with van der Waals surface area (Å²) in [5.74, 6) is 2.71. The molecule has 0 bridgehead atoms. The predicted octanol–water partition coefficient (Wildman–Crippen LogP) is 1.83. The zero-order valence-corrected chi connectivity index (χ0v) is 7.92. The van der Waals surface area contributed by atoms with Crippen LogP contribution in [0.25, 0.3) is 0 Å². The van der Waals surface area contributed by atoms with Crippen LogP contribution >= 0.6 is 0 Å². The maximum absolute atomic E-state index is 5.32. The van der Waals surface area contributed by atoms with E-state index in [1.807, 2.05) is 12.2 Å². The highest BCUT2D eigenvalue weighted by Gasteiger charge is 2.19. The Morgan fingerprint density at radius 1 is 1.33 bits per heavy atom. The zero-order chi connectivity index (χ0) is 9.45. The van der Waals surface area contributed by atoms with Gasteiger partial charge in [-0.1, -0.05) is 13.2 Å². The summed E-state index contributed by atoms with van der Waals surface area (Å²) < 4.78 is 0.878. The van der Waals surface area contributed by atoms with E-state index in [0.717, 1.165) is 30.7 Å². The number of quaternary nitrogens is 1. The second-order valence-electron chi connectivity index (χ2n) is 2.96. The summed E-state index contributed by atoms with van der Waals surface area (Å²) in [4.78, 5) is 0. The van der Waals surface area contributed by atoms with Gasteiger partial charge in [0, 0.05) is 0 Å². The maximum Gasteiger partial charge on any atom is 0.141 e. The Morgan fingerprint density at radius 3 is 2.08 bits per heavy atom. The number of nitrogens with zero attached hydrogens (tertiary/aromatic N) is 1. The minimum Gasteiger partial charge on any atom is -0.307 e. The molecule has 0 aromatic heterocycles. The highest BCUT2D eigenvalue weighted by atomic mass is 15.3. The van der Waals surface area contributed by atoms with Crippen molar-refractivity contribution in [2.45, 2.75) is 6.92 Å². The maximum atomic E-state index is 5.32. The van der Waals surface area contributed by atoms with Crippen LogP contribution in [0.4, 0.5) is 0 Å². The summed E-state index contributed by atoms with van der Waals surface area (Å²) in [5.41, 5.74) is 0. The average molecular weight is 164 g/mol. The van der Waals surface area contributed by atoms with Gasteiger partial charge in [-0.2, -0.15) is 0 Å². The van der Waals surface area contributed by atoms with Crippen molar-refractivity contribution in [3.63, 3.8) is 0 Å². The van der Waals surface area contributed by atoms with Crippen LogP contribution in [0.5, 0.6) is 0 Å². The normalized spacial score (nSPS) is 10.3. The van der Waals surface area contributed by atoms with Crippen LogP contribution in [0, 0.1) is 12.3 Å². The summed E-state index contributed by atoms with van der Waals surface area (Å²) in [5, 5.41) is 0. The van der Waals surface area contributed by atoms with Gasteiger partial charge in [-0.3, -0.25) is 0 Å². The summed E-state index contributed by atoms with van der Waals surface area (Å²) in [7, 11) is 0. The van der Waals surface area contributed by atoms with Gasteiger partial charge in [0.05, 0.1) is 19.6 Å². The molecular formula is C11H18N+. The van der Waals surface area contributed by atoms with E-state index < -0.39 is 0 Å². The van der Waals surface area contributed by atoms with Crippen molar-refractivity contribution in [3.05, 3.63) is 25.3 Å². The minimum atomic E-state index is 0.758. The van der Waals surface area contributed by atoms with E-state index in [4.69, 9.17) is 6.42 Å². The smallest absolute Gasteiger partial charge is 0.141 e. The van der Waals surface area contributed by atoms with E-state index in [1.165, 1.54) is 0 Å². The fourth-order valence-electron chi connectivity index (χ4n) is 1.32. The molecule has 0 aliphatic heterocycles. The topological polar surface area (TPSA) is 0 Å². The first-order valence-corrected chi connectivity index (χ1v) is 4.25. The molecule has 0 N–H and O–H groups in total. The van der Waals surface area contributed by atoms with E-state index in [-0.39, 0.29) is 0 Å². The van der Waals surface area contributed by atoms with Gasteiger partial charge < -0.3 is 4.48 Å². The number of hydrogen-bond donors (Lipinski definition) is 0. The fourth-order valence-corrected chi connectivity index (χ4v) is 1.32. The predicted molar refractivity (Wildman–Crippen MR) is 54.6 cm³/mol. The monoisotopic (exact) mass is 164 g/mol. The lowest BCUT2D eigenvalue weighted by Gasteiger charge is -2.33. The third-order valence-electron chi connectivity index (χ3n) is 2.13. The lowest BCUT2D eigenvalue weighted by atomic mass is 10.3. The summed E-state index contributed by atoms with van der Waals surface area (Å²) in [6.45, 7) is 13.3. The molecule has 0 amide bonds. The van der Waals surface area contributed by atoms with Gasteiger partial charge >= 0.3 is 0 Å². The van der Waals surface area contributed by atoms with Gasteiger partial charge in [0.15, 0.2) is 0 Å². The van der Waals surface area contributed by atoms with Crippen molar-refractivity contribution < 1.29 is 4.48 Å². The Kier molecular flexibility index (Phi) is 5.16. The van der Waals surface area contributed by atoms with Gasteiger partial charge in [0.25, 0.3) is 0 Å². The third kappa shape index (κ3) is 2.94. The van der Waals surface area contributed by atoms with Crippen LogP contribution in [-0.4, -0.2) is 30.7 Å². The molecule has 12 heavy (non-hydrogen) atoms. The first-order valence-electron chi connectivity index (χ1n) is 4.25. The molecule has 1 heteroatoms. The fraction of sp³-hybridized carbons (Fsp3) is 0.455. The van der Waals surface area contributed by atoms with Gasteiger partial charge in [0.2, 0.25) is 0 Å². The van der Waals surface area contributed by atoms with Crippen molar-refractivity contribution in [1.29, 1.82) is 0 Å². The highest BCUT2D eigenvalue weighted by molar-refractivity contribution is 4.86. The first kappa shape index (κ1) is 11.0. The minimum absolute atomic E-state index is 0.758. The molecule has 0 unspecified atom stereocenters. The van der Waals surface area contributed by atoms with E-state index in [2.05, 4.69) is 26.0 Å². The van der Waals surface area contributed by atoms with E-state index >= 15 is 0 Å². The van der Waals surface area contributed by atoms with Gasteiger partial charge in [-0.15, -0.1) is 6.42 Å². The van der Waals surface area contributed by atoms with Gasteiger partial charge in [-0.25, -0.2) is 0 Å². The molecule has 0 saturated heterocycles. The lowest BCUT2D eigenvalue weighted by molar-refractivity contribution is -0.908.